The first-order valence-electron chi connectivity index (χ1n) is 7.32. The van der Waals surface area contributed by atoms with Crippen LogP contribution in [-0.4, -0.2) is 20.4 Å². The van der Waals surface area contributed by atoms with Gasteiger partial charge in [0.25, 0.3) is 5.69 Å². The molecule has 7 nitrogen and oxygen atoms in total. The van der Waals surface area contributed by atoms with Gasteiger partial charge in [0.1, 0.15) is 5.71 Å². The Morgan fingerprint density at radius 3 is 2.70 bits per heavy atom. The van der Waals surface area contributed by atoms with Crippen molar-refractivity contribution >= 4 is 22.7 Å². The van der Waals surface area contributed by atoms with Gasteiger partial charge in [-0.15, -0.1) is 11.3 Å². The number of rotatable bonds is 4. The summed E-state index contributed by atoms with van der Waals surface area (Å²) in [6, 6.07) is 5.90. The Morgan fingerprint density at radius 2 is 2.04 bits per heavy atom. The topological polar surface area (TPSA) is 105 Å². The summed E-state index contributed by atoms with van der Waals surface area (Å²) in [5.41, 5.74) is 2.15. The fourth-order valence-corrected chi connectivity index (χ4v) is 3.92. The Labute approximate surface area is 136 Å². The second-order valence-electron chi connectivity index (χ2n) is 5.42. The Bertz CT molecular complexity index is 820. The number of aromatic nitrogens is 1. The summed E-state index contributed by atoms with van der Waals surface area (Å²) in [6.45, 7) is 0.291. The number of hydrogen-bond acceptors (Lipinski definition) is 6. The third kappa shape index (κ3) is 3.02. The molecule has 0 fully saturated rings. The quantitative estimate of drug-likeness (QED) is 0.389. The van der Waals surface area contributed by atoms with E-state index in [0.29, 0.717) is 22.6 Å². The number of aryl methyl sites for hydroxylation is 1. The number of nitrogens with zero attached hydrogens (tertiary/aromatic N) is 3. The van der Waals surface area contributed by atoms with Crippen molar-refractivity contribution in [3.05, 3.63) is 55.3 Å². The third-order valence-corrected chi connectivity index (χ3v) is 5.12. The molecule has 2 aromatic rings. The minimum atomic E-state index is -0.467. The van der Waals surface area contributed by atoms with Crippen molar-refractivity contribution < 1.29 is 10.1 Å². The van der Waals surface area contributed by atoms with Crippen molar-refractivity contribution in [1.82, 2.24) is 4.57 Å². The molecule has 0 amide bonds. The summed E-state index contributed by atoms with van der Waals surface area (Å²) >= 11 is 1.47. The average Bonchev–Trinajstić information content (AvgIpc) is 2.88. The summed E-state index contributed by atoms with van der Waals surface area (Å²) in [6.07, 6.45) is 4.19. The smallest absolute Gasteiger partial charge is 0.269 e. The van der Waals surface area contributed by atoms with Crippen molar-refractivity contribution in [1.29, 1.82) is 5.41 Å². The lowest BCUT2D eigenvalue weighted by Gasteiger charge is -2.15. The molecule has 1 aliphatic carbocycles. The van der Waals surface area contributed by atoms with E-state index in [1.165, 1.54) is 28.3 Å². The summed E-state index contributed by atoms with van der Waals surface area (Å²) in [5.74, 6) is 0. The van der Waals surface area contributed by atoms with E-state index in [-0.39, 0.29) is 5.69 Å². The number of oxime groups is 1. The molecule has 1 aliphatic rings. The van der Waals surface area contributed by atoms with E-state index in [4.69, 9.17) is 5.41 Å². The lowest BCUT2D eigenvalue weighted by molar-refractivity contribution is -0.384. The van der Waals surface area contributed by atoms with Crippen molar-refractivity contribution in [3.63, 3.8) is 0 Å². The number of hydrogen-bond donors (Lipinski definition) is 2. The van der Waals surface area contributed by atoms with Crippen LogP contribution in [-0.2, 0) is 19.4 Å². The van der Waals surface area contributed by atoms with Crippen LogP contribution in [0.3, 0.4) is 0 Å². The maximum Gasteiger partial charge on any atom is 0.269 e. The number of thiazole rings is 1. The van der Waals surface area contributed by atoms with Gasteiger partial charge >= 0.3 is 0 Å². The molecule has 0 unspecified atom stereocenters. The zero-order chi connectivity index (χ0) is 16.4. The predicted octanol–water partition coefficient (Wildman–Crippen LogP) is 2.69. The highest BCUT2D eigenvalue weighted by Crippen LogP contribution is 2.24. The van der Waals surface area contributed by atoms with Gasteiger partial charge in [-0.05, 0) is 37.8 Å². The van der Waals surface area contributed by atoms with Gasteiger partial charge < -0.3 is 9.77 Å². The molecule has 1 aromatic heterocycles. The summed E-state index contributed by atoms with van der Waals surface area (Å²) < 4.78 is 1.87. The van der Waals surface area contributed by atoms with Crippen LogP contribution in [0.15, 0.2) is 29.4 Å². The number of fused-ring (bicyclic) bond motifs is 1. The van der Waals surface area contributed by atoms with E-state index in [0.717, 1.165) is 31.4 Å². The summed E-state index contributed by atoms with van der Waals surface area (Å²) in [7, 11) is 0. The van der Waals surface area contributed by atoms with E-state index >= 15 is 0 Å². The second kappa shape index (κ2) is 6.33. The fourth-order valence-electron chi connectivity index (χ4n) is 2.82. The van der Waals surface area contributed by atoms with Crippen LogP contribution in [0.2, 0.25) is 0 Å². The number of non-ortho nitro benzene ring substituents is 1. The van der Waals surface area contributed by atoms with Crippen LogP contribution in [0.5, 0.6) is 0 Å². The normalized spacial score (nSPS) is 14.5. The van der Waals surface area contributed by atoms with Crippen LogP contribution in [0.4, 0.5) is 5.69 Å². The zero-order valence-corrected chi connectivity index (χ0v) is 13.2. The van der Waals surface area contributed by atoms with Crippen molar-refractivity contribution in [2.45, 2.75) is 32.2 Å². The molecule has 3 rings (SSSR count). The first kappa shape index (κ1) is 15.4. The molecule has 0 spiro atoms. The van der Waals surface area contributed by atoms with Crippen LogP contribution >= 0.6 is 11.3 Å². The highest BCUT2D eigenvalue weighted by Gasteiger charge is 2.18. The van der Waals surface area contributed by atoms with Gasteiger partial charge in [0.2, 0.25) is 0 Å². The van der Waals surface area contributed by atoms with Crippen molar-refractivity contribution in [2.24, 2.45) is 5.16 Å². The second-order valence-corrected chi connectivity index (χ2v) is 6.50. The number of nitrogens with one attached hydrogen (secondary N) is 1. The van der Waals surface area contributed by atoms with Crippen molar-refractivity contribution in [2.75, 3.05) is 0 Å². The predicted molar refractivity (Wildman–Crippen MR) is 86.2 cm³/mol. The molecule has 8 heteroatoms. The van der Waals surface area contributed by atoms with Gasteiger partial charge in [0, 0.05) is 28.3 Å². The van der Waals surface area contributed by atoms with E-state index in [9.17, 15) is 15.3 Å². The lowest BCUT2D eigenvalue weighted by Crippen LogP contribution is -2.23. The highest BCUT2D eigenvalue weighted by atomic mass is 32.1. The molecule has 1 aromatic carbocycles. The lowest BCUT2D eigenvalue weighted by atomic mass is 10.0. The summed E-state index contributed by atoms with van der Waals surface area (Å²) in [5, 5.41) is 31.5. The average molecular weight is 332 g/mol. The number of nitro groups is 1. The number of nitro benzene ring substituents is 1. The molecular formula is C15H16N4O3S. The van der Waals surface area contributed by atoms with Gasteiger partial charge in [0.15, 0.2) is 4.80 Å². The molecule has 120 valence electrons. The maximum absolute atomic E-state index is 10.7. The Morgan fingerprint density at radius 1 is 1.35 bits per heavy atom. The molecule has 2 N–H and O–H groups in total. The molecule has 0 bridgehead atoms. The third-order valence-electron chi connectivity index (χ3n) is 4.02. The largest absolute Gasteiger partial charge is 0.411 e. The maximum atomic E-state index is 10.7. The Kier molecular flexibility index (Phi) is 4.24. The molecular weight excluding hydrogens is 316 g/mol. The molecule has 0 atom stereocenters. The fraction of sp³-hybridized carbons (Fsp3) is 0.333. The van der Waals surface area contributed by atoms with Gasteiger partial charge in [-0.2, -0.15) is 0 Å². The van der Waals surface area contributed by atoms with Crippen LogP contribution < -0.4 is 4.80 Å². The van der Waals surface area contributed by atoms with Gasteiger partial charge in [0.05, 0.1) is 11.5 Å². The van der Waals surface area contributed by atoms with E-state index in [1.807, 2.05) is 4.57 Å². The minimum absolute atomic E-state index is 0.00668. The summed E-state index contributed by atoms with van der Waals surface area (Å²) in [4.78, 5) is 11.9. The molecule has 0 aliphatic heterocycles. The first-order valence-corrected chi connectivity index (χ1v) is 8.13. The van der Waals surface area contributed by atoms with E-state index < -0.39 is 4.92 Å². The molecule has 23 heavy (non-hydrogen) atoms. The Hall–Kier alpha value is -2.48. The van der Waals surface area contributed by atoms with Crippen LogP contribution in [0, 0.1) is 15.5 Å². The monoisotopic (exact) mass is 332 g/mol. The molecule has 0 saturated carbocycles. The Balaban J connectivity index is 1.90. The molecule has 0 radical (unpaired) electrons. The minimum Gasteiger partial charge on any atom is -0.411 e. The van der Waals surface area contributed by atoms with Crippen LogP contribution in [0.1, 0.15) is 29.0 Å². The molecule has 1 heterocycles. The molecule has 0 saturated heterocycles. The van der Waals surface area contributed by atoms with Crippen LogP contribution in [0.25, 0.3) is 0 Å². The van der Waals surface area contributed by atoms with E-state index in [1.54, 1.807) is 12.1 Å². The standard InChI is InChI=1S/C15H16N4O3S/c16-15-18(13-3-1-2-4-14(13)23-15)9-12(17-20)10-5-7-11(8-6-10)19(21)22/h5-8,16,20H,1-4,9H2/b16-15?,17-12-. The van der Waals surface area contributed by atoms with Crippen molar-refractivity contribution in [3.8, 4) is 0 Å². The highest BCUT2D eigenvalue weighted by molar-refractivity contribution is 7.09. The van der Waals surface area contributed by atoms with Gasteiger partial charge in [-0.1, -0.05) is 5.16 Å². The van der Waals surface area contributed by atoms with Gasteiger partial charge in [-0.25, -0.2) is 0 Å². The van der Waals surface area contributed by atoms with E-state index in [2.05, 4.69) is 5.16 Å². The first-order chi connectivity index (χ1) is 11.1. The zero-order valence-electron chi connectivity index (χ0n) is 12.4. The van der Waals surface area contributed by atoms with Gasteiger partial charge in [-0.3, -0.25) is 15.5 Å². The number of benzene rings is 1. The SMILES string of the molecule is N=c1sc2c(n1C/C(=N/O)c1ccc([N+](=O)[O-])cc1)CCCC2.